The van der Waals surface area contributed by atoms with Gasteiger partial charge in [0.25, 0.3) is 0 Å². The van der Waals surface area contributed by atoms with Crippen molar-refractivity contribution in [3.05, 3.63) is 478 Å². The second-order valence-electron chi connectivity index (χ2n) is 34.9. The predicted octanol–water partition coefficient (Wildman–Crippen LogP) is 35.0. The molecule has 0 N–H and O–H groups in total. The molecule has 0 radical (unpaired) electrons. The van der Waals surface area contributed by atoms with Crippen LogP contribution in [0.1, 0.15) is 76.0 Å². The number of aromatic nitrogens is 3. The number of nitrogens with zero attached hydrogens (tertiary/aromatic N) is 3. The van der Waals surface area contributed by atoms with E-state index in [0.717, 1.165) is 0 Å². The molecule has 128 heavy (non-hydrogen) atoms. The molecular weight excluding hydrogens is 1540 g/mol. The normalized spacial score (nSPS) is 11.6. The molecule has 0 bridgehead atoms. The summed E-state index contributed by atoms with van der Waals surface area (Å²) >= 11 is 0. The first-order valence-electron chi connectivity index (χ1n) is 45.0. The Morgan fingerprint density at radius 2 is 0.359 bits per heavy atom. The maximum Gasteiger partial charge on any atom is 0.0541 e. The summed E-state index contributed by atoms with van der Waals surface area (Å²) < 4.78 is 7.17. The Labute approximate surface area is 749 Å². The fourth-order valence-electron chi connectivity index (χ4n) is 18.9. The molecule has 0 unspecified atom stereocenters. The lowest BCUT2D eigenvalue weighted by Crippen LogP contribution is -1.93. The van der Waals surface area contributed by atoms with Gasteiger partial charge in [0.05, 0.1) is 33.1 Å². The summed E-state index contributed by atoms with van der Waals surface area (Å²) in [5, 5.41) is 12.6. The van der Waals surface area contributed by atoms with Crippen LogP contribution in [-0.4, -0.2) is 13.7 Å². The van der Waals surface area contributed by atoms with Crippen molar-refractivity contribution in [3.8, 4) is 117 Å². The number of fused-ring (bicyclic) bond motifs is 11. The summed E-state index contributed by atoms with van der Waals surface area (Å²) in [5.41, 5.74) is 37.2. The Hall–Kier alpha value is -15.7. The van der Waals surface area contributed by atoms with Gasteiger partial charge in [-0.05, 0) is 271 Å². The number of rotatable bonds is 15. The second-order valence-corrected chi connectivity index (χ2v) is 34.9. The van der Waals surface area contributed by atoms with E-state index in [9.17, 15) is 0 Å². The fraction of sp³-hybridized carbons (Fsp3) is 0.0720. The Kier molecular flexibility index (Phi) is 21.4. The molecule has 23 rings (SSSR count). The summed E-state index contributed by atoms with van der Waals surface area (Å²) in [6.45, 7) is 13.4. The second kappa shape index (κ2) is 34.4. The number of hydrogen-bond acceptors (Lipinski definition) is 0. The average molecular weight is 1640 g/mol. The monoisotopic (exact) mass is 1640 g/mol. The molecule has 3 heteroatoms. The lowest BCUT2D eigenvalue weighted by Gasteiger charge is -2.10. The van der Waals surface area contributed by atoms with Crippen LogP contribution in [0.5, 0.6) is 0 Å². The third-order valence-corrected chi connectivity index (χ3v) is 26.0. The predicted molar refractivity (Wildman–Crippen MR) is 549 cm³/mol. The van der Waals surface area contributed by atoms with E-state index in [4.69, 9.17) is 0 Å². The Bertz CT molecular complexity index is 7960. The van der Waals surface area contributed by atoms with Crippen molar-refractivity contribution in [2.45, 2.75) is 59.3 Å². The zero-order valence-corrected chi connectivity index (χ0v) is 73.0. The third-order valence-electron chi connectivity index (χ3n) is 26.0. The maximum atomic E-state index is 2.39. The summed E-state index contributed by atoms with van der Waals surface area (Å²) in [5.74, 6) is 1.62. The first kappa shape index (κ1) is 79.5. The van der Waals surface area contributed by atoms with Crippen molar-refractivity contribution >= 4 is 87.0 Å². The molecule has 0 fully saturated rings. The molecule has 0 saturated carbocycles. The maximum absolute atomic E-state index is 2.39. The topological polar surface area (TPSA) is 14.8 Å². The lowest BCUT2D eigenvalue weighted by molar-refractivity contribution is 0.867. The van der Waals surface area contributed by atoms with E-state index in [0.29, 0.717) is 17.8 Å². The van der Waals surface area contributed by atoms with E-state index < -0.39 is 0 Å². The molecule has 612 valence electrons. The van der Waals surface area contributed by atoms with Crippen LogP contribution in [-0.2, 0) is 0 Å². The lowest BCUT2D eigenvalue weighted by atomic mass is 9.96. The van der Waals surface area contributed by atoms with Crippen molar-refractivity contribution in [2.75, 3.05) is 0 Å². The first-order chi connectivity index (χ1) is 62.9. The van der Waals surface area contributed by atoms with Crippen molar-refractivity contribution in [1.29, 1.82) is 0 Å². The number of benzene rings is 20. The van der Waals surface area contributed by atoms with Crippen molar-refractivity contribution in [3.63, 3.8) is 0 Å². The Morgan fingerprint density at radius 1 is 0.141 bits per heavy atom. The molecule has 3 aromatic heterocycles. The summed E-state index contributed by atoms with van der Waals surface area (Å²) in [6.07, 6.45) is 0. The molecule has 0 aliphatic heterocycles. The van der Waals surface area contributed by atoms with Crippen LogP contribution < -0.4 is 0 Å². The molecule has 0 spiro atoms. The van der Waals surface area contributed by atoms with E-state index >= 15 is 0 Å². The largest absolute Gasteiger partial charge is 0.309 e. The van der Waals surface area contributed by atoms with Gasteiger partial charge in [-0.15, -0.1) is 0 Å². The van der Waals surface area contributed by atoms with Gasteiger partial charge in [0.2, 0.25) is 0 Å². The van der Waals surface area contributed by atoms with Crippen molar-refractivity contribution in [2.24, 2.45) is 0 Å². The molecule has 0 saturated heterocycles. The summed E-state index contributed by atoms with van der Waals surface area (Å²) in [4.78, 5) is 0. The fourth-order valence-corrected chi connectivity index (χ4v) is 18.9. The summed E-state index contributed by atoms with van der Waals surface area (Å²) in [7, 11) is 0. The number of hydrogen-bond donors (Lipinski definition) is 0. The Morgan fingerprint density at radius 3 is 0.688 bits per heavy atom. The van der Waals surface area contributed by atoms with Gasteiger partial charge in [-0.2, -0.15) is 0 Å². The van der Waals surface area contributed by atoms with Crippen LogP contribution in [0.3, 0.4) is 0 Å². The molecule has 0 amide bonds. The van der Waals surface area contributed by atoms with Gasteiger partial charge in [0.15, 0.2) is 0 Å². The van der Waals surface area contributed by atoms with Crippen LogP contribution in [0.2, 0.25) is 0 Å². The molecule has 23 aromatic rings. The zero-order chi connectivity index (χ0) is 86.3. The van der Waals surface area contributed by atoms with E-state index in [1.165, 1.54) is 221 Å². The van der Waals surface area contributed by atoms with Crippen molar-refractivity contribution < 1.29 is 0 Å². The van der Waals surface area contributed by atoms with Crippen LogP contribution in [0.25, 0.3) is 204 Å². The molecule has 0 atom stereocenters. The minimum Gasteiger partial charge on any atom is -0.309 e. The highest BCUT2D eigenvalue weighted by molar-refractivity contribution is 6.15. The van der Waals surface area contributed by atoms with Crippen LogP contribution in [0.15, 0.2) is 461 Å². The molecule has 3 nitrogen and oxygen atoms in total. The van der Waals surface area contributed by atoms with E-state index in [2.05, 4.69) is 516 Å². The van der Waals surface area contributed by atoms with Crippen molar-refractivity contribution in [1.82, 2.24) is 13.7 Å². The minimum atomic E-state index is 0.539. The van der Waals surface area contributed by atoms with Gasteiger partial charge in [-0.1, -0.05) is 387 Å². The standard InChI is InChI=1S/2C43H33N.C39H31N/c1-29(2)30-15-17-31(18-16-30)32-19-21-33(22-20-32)35-23-25-42-40(27-35)41-28-36(39-14-8-10-34-9-6-7-13-38(34)39)24-26-43(41)44(42)37-11-4-3-5-12-37;1-29(2)30-12-14-32(15-13-30)33-16-18-34(19-17-33)37-22-24-42-40(27-37)41-28-38(36-21-20-31-8-6-7-9-35(31)26-36)23-25-43(41)44(42)39-10-4-3-5-11-39;1-27(2)28-13-15-30(16-14-28)31-17-19-32(20-18-31)34-22-24-39-37(26-34)36-25-33(29-9-5-3-6-10-29)21-23-38(36)40(39)35-11-7-4-8-12-35/h2*3-29H,1-2H3;3-27H,1-2H3. The molecular formula is C125H97N3. The van der Waals surface area contributed by atoms with Gasteiger partial charge < -0.3 is 13.7 Å². The highest BCUT2D eigenvalue weighted by atomic mass is 15.0. The van der Waals surface area contributed by atoms with Crippen LogP contribution >= 0.6 is 0 Å². The molecule has 0 aliphatic carbocycles. The SMILES string of the molecule is CC(C)c1ccc(-c2ccc(-c3ccc4c(c3)c3cc(-c5ccc6ccccc6c5)ccc3n4-c3ccccc3)cc2)cc1.CC(C)c1ccc(-c2ccc(-c3ccc4c(c3)c3cc(-c5cccc6ccccc56)ccc3n4-c3ccccc3)cc2)cc1.CC(C)c1ccc(-c2ccc(-c3ccc4c(c3)c3cc(-c5ccccc5)ccc3n4-c3ccccc3)cc2)cc1. The number of para-hydroxylation sites is 3. The highest BCUT2D eigenvalue weighted by Crippen LogP contribution is 2.44. The van der Waals surface area contributed by atoms with Gasteiger partial charge >= 0.3 is 0 Å². The zero-order valence-electron chi connectivity index (χ0n) is 73.0. The Balaban J connectivity index is 0.000000117. The van der Waals surface area contributed by atoms with E-state index in [1.807, 2.05) is 0 Å². The highest BCUT2D eigenvalue weighted by Gasteiger charge is 2.21. The van der Waals surface area contributed by atoms with E-state index in [1.54, 1.807) is 0 Å². The minimum absolute atomic E-state index is 0.539. The van der Waals surface area contributed by atoms with Gasteiger partial charge in [-0.25, -0.2) is 0 Å². The smallest absolute Gasteiger partial charge is 0.0541 e. The van der Waals surface area contributed by atoms with E-state index in [-0.39, 0.29) is 0 Å². The first-order valence-corrected chi connectivity index (χ1v) is 45.0. The van der Waals surface area contributed by atoms with Crippen LogP contribution in [0.4, 0.5) is 0 Å². The third kappa shape index (κ3) is 15.5. The van der Waals surface area contributed by atoms with Gasteiger partial charge in [0, 0.05) is 49.4 Å². The van der Waals surface area contributed by atoms with Gasteiger partial charge in [0.1, 0.15) is 0 Å². The van der Waals surface area contributed by atoms with Crippen LogP contribution in [0, 0.1) is 0 Å². The quantitative estimate of drug-likeness (QED) is 0.0972. The summed E-state index contributed by atoms with van der Waals surface area (Å²) in [6, 6.07) is 169. The molecule has 3 heterocycles. The molecule has 20 aromatic carbocycles. The molecule has 0 aliphatic rings. The van der Waals surface area contributed by atoms with Gasteiger partial charge in [-0.3, -0.25) is 0 Å². The average Bonchev–Trinajstić information content (AvgIpc) is 1.59.